The summed E-state index contributed by atoms with van der Waals surface area (Å²) in [6.45, 7) is 3.59. The number of piperazine rings is 1. The molecule has 0 atom stereocenters. The van der Waals surface area contributed by atoms with Crippen LogP contribution in [-0.4, -0.2) is 36.2 Å². The fourth-order valence-corrected chi connectivity index (χ4v) is 2.79. The first-order valence-electron chi connectivity index (χ1n) is 7.25. The molecule has 4 nitrogen and oxygen atoms in total. The van der Waals surface area contributed by atoms with Crippen LogP contribution < -0.4 is 15.2 Å². The Bertz CT molecular complexity index is 624. The fourth-order valence-electron chi connectivity index (χ4n) is 2.49. The molecule has 0 aliphatic carbocycles. The zero-order valence-electron chi connectivity index (χ0n) is 12.1. The Hall–Kier alpha value is -2.21. The van der Waals surface area contributed by atoms with Crippen molar-refractivity contribution in [1.29, 1.82) is 0 Å². The van der Waals surface area contributed by atoms with Gasteiger partial charge in [-0.3, -0.25) is 0 Å². The standard InChI is InChI=1S/C16H17FN4S/c17-13-1-3-14(4-2-13)19-16(22)21-11-9-20(10-12-21)15-5-7-18-8-6-15/h1-8H,9-12H2,(H,19,22)/p+1. The molecule has 1 aliphatic heterocycles. The molecule has 1 saturated heterocycles. The minimum atomic E-state index is -0.245. The number of thiocarbonyl (C=S) groups is 1. The van der Waals surface area contributed by atoms with E-state index in [2.05, 4.69) is 32.2 Å². The number of aromatic amines is 1. The molecule has 1 aromatic heterocycles. The Morgan fingerprint density at radius 3 is 2.27 bits per heavy atom. The lowest BCUT2D eigenvalue weighted by atomic mass is 10.2. The van der Waals surface area contributed by atoms with Crippen molar-refractivity contribution in [2.75, 3.05) is 36.4 Å². The molecule has 0 radical (unpaired) electrons. The van der Waals surface area contributed by atoms with Crippen molar-refractivity contribution in [1.82, 2.24) is 4.90 Å². The number of halogens is 1. The van der Waals surface area contributed by atoms with E-state index in [9.17, 15) is 4.39 Å². The normalized spacial score (nSPS) is 14.8. The quantitative estimate of drug-likeness (QED) is 0.861. The third kappa shape index (κ3) is 3.51. The Morgan fingerprint density at radius 2 is 1.64 bits per heavy atom. The van der Waals surface area contributed by atoms with Gasteiger partial charge in [0, 0.05) is 49.7 Å². The maximum Gasteiger partial charge on any atom is 0.173 e. The van der Waals surface area contributed by atoms with E-state index in [1.54, 1.807) is 12.1 Å². The predicted octanol–water partition coefficient (Wildman–Crippen LogP) is 2.16. The van der Waals surface area contributed by atoms with Crippen LogP contribution in [-0.2, 0) is 0 Å². The van der Waals surface area contributed by atoms with Crippen molar-refractivity contribution in [2.45, 2.75) is 0 Å². The van der Waals surface area contributed by atoms with E-state index in [0.717, 1.165) is 31.9 Å². The first-order chi connectivity index (χ1) is 10.7. The highest BCUT2D eigenvalue weighted by Crippen LogP contribution is 2.15. The highest BCUT2D eigenvalue weighted by Gasteiger charge is 2.19. The third-order valence-corrected chi connectivity index (χ3v) is 4.09. The largest absolute Gasteiger partial charge is 0.368 e. The highest BCUT2D eigenvalue weighted by atomic mass is 32.1. The van der Waals surface area contributed by atoms with Crippen LogP contribution in [0.2, 0.25) is 0 Å². The molecule has 3 rings (SSSR count). The molecule has 0 saturated carbocycles. The summed E-state index contributed by atoms with van der Waals surface area (Å²) < 4.78 is 12.9. The second kappa shape index (κ2) is 6.70. The zero-order valence-corrected chi connectivity index (χ0v) is 12.9. The Kier molecular flexibility index (Phi) is 4.48. The van der Waals surface area contributed by atoms with E-state index >= 15 is 0 Å². The molecule has 114 valence electrons. The molecular formula is C16H18FN4S+. The van der Waals surface area contributed by atoms with Crippen molar-refractivity contribution in [3.63, 3.8) is 0 Å². The van der Waals surface area contributed by atoms with Gasteiger partial charge in [0.05, 0.1) is 0 Å². The maximum atomic E-state index is 12.9. The van der Waals surface area contributed by atoms with E-state index in [4.69, 9.17) is 12.2 Å². The van der Waals surface area contributed by atoms with Gasteiger partial charge in [-0.15, -0.1) is 0 Å². The monoisotopic (exact) mass is 317 g/mol. The van der Waals surface area contributed by atoms with Gasteiger partial charge in [0.25, 0.3) is 0 Å². The smallest absolute Gasteiger partial charge is 0.173 e. The van der Waals surface area contributed by atoms with Gasteiger partial charge in [0.15, 0.2) is 17.5 Å². The fraction of sp³-hybridized carbons (Fsp3) is 0.250. The minimum absolute atomic E-state index is 0.245. The van der Waals surface area contributed by atoms with Gasteiger partial charge in [-0.05, 0) is 36.5 Å². The van der Waals surface area contributed by atoms with Crippen LogP contribution in [0.25, 0.3) is 0 Å². The third-order valence-electron chi connectivity index (χ3n) is 3.73. The van der Waals surface area contributed by atoms with Gasteiger partial charge >= 0.3 is 0 Å². The number of nitrogens with zero attached hydrogens (tertiary/aromatic N) is 2. The maximum absolute atomic E-state index is 12.9. The summed E-state index contributed by atoms with van der Waals surface area (Å²) in [4.78, 5) is 7.52. The number of anilines is 2. The lowest BCUT2D eigenvalue weighted by molar-refractivity contribution is -0.377. The van der Waals surface area contributed by atoms with Crippen LogP contribution in [0, 0.1) is 5.82 Å². The van der Waals surface area contributed by atoms with Crippen LogP contribution >= 0.6 is 12.2 Å². The van der Waals surface area contributed by atoms with Crippen molar-refractivity contribution in [3.05, 3.63) is 54.6 Å². The molecule has 6 heteroatoms. The number of rotatable bonds is 2. The van der Waals surface area contributed by atoms with E-state index < -0.39 is 0 Å². The molecule has 22 heavy (non-hydrogen) atoms. The molecule has 2 aromatic rings. The summed E-state index contributed by atoms with van der Waals surface area (Å²) in [6, 6.07) is 10.4. The van der Waals surface area contributed by atoms with E-state index in [1.165, 1.54) is 17.8 Å². The van der Waals surface area contributed by atoms with E-state index in [0.29, 0.717) is 5.11 Å². The average Bonchev–Trinajstić information content (AvgIpc) is 2.58. The summed E-state index contributed by atoms with van der Waals surface area (Å²) in [7, 11) is 0. The van der Waals surface area contributed by atoms with Gasteiger partial charge in [-0.25, -0.2) is 9.37 Å². The predicted molar refractivity (Wildman–Crippen MR) is 89.4 cm³/mol. The van der Waals surface area contributed by atoms with E-state index in [1.807, 2.05) is 12.4 Å². The van der Waals surface area contributed by atoms with Crippen LogP contribution in [0.1, 0.15) is 0 Å². The average molecular weight is 317 g/mol. The topological polar surface area (TPSA) is 32.6 Å². The van der Waals surface area contributed by atoms with Gasteiger partial charge < -0.3 is 15.1 Å². The number of hydrogen-bond donors (Lipinski definition) is 1. The van der Waals surface area contributed by atoms with Gasteiger partial charge in [0.2, 0.25) is 0 Å². The lowest BCUT2D eigenvalue weighted by Gasteiger charge is -2.37. The van der Waals surface area contributed by atoms with E-state index in [-0.39, 0.29) is 5.82 Å². The number of H-pyrrole nitrogens is 1. The summed E-state index contributed by atoms with van der Waals surface area (Å²) in [5, 5.41) is 3.85. The summed E-state index contributed by atoms with van der Waals surface area (Å²) in [5.74, 6) is -0.245. The SMILES string of the molecule is Fc1ccc(NC(=S)N2CCN(c3cc[nH+]cc3)CC2)cc1. The van der Waals surface area contributed by atoms with Crippen molar-refractivity contribution >= 4 is 28.7 Å². The number of aromatic nitrogens is 1. The van der Waals surface area contributed by atoms with Crippen LogP contribution in [0.5, 0.6) is 0 Å². The summed E-state index contributed by atoms with van der Waals surface area (Å²) >= 11 is 5.44. The first-order valence-corrected chi connectivity index (χ1v) is 7.66. The molecule has 0 spiro atoms. The number of nitrogens with one attached hydrogen (secondary N) is 2. The van der Waals surface area contributed by atoms with Gasteiger partial charge in [0.1, 0.15) is 5.82 Å². The molecule has 0 unspecified atom stereocenters. The Morgan fingerprint density at radius 1 is 1.00 bits per heavy atom. The second-order valence-corrected chi connectivity index (χ2v) is 5.56. The van der Waals surface area contributed by atoms with Crippen LogP contribution in [0.15, 0.2) is 48.8 Å². The summed E-state index contributed by atoms with van der Waals surface area (Å²) in [6.07, 6.45) is 3.87. The Balaban J connectivity index is 1.54. The van der Waals surface area contributed by atoms with Crippen molar-refractivity contribution < 1.29 is 9.37 Å². The number of hydrogen-bond acceptors (Lipinski definition) is 2. The lowest BCUT2D eigenvalue weighted by Crippen LogP contribution is -2.50. The molecule has 0 amide bonds. The number of benzene rings is 1. The van der Waals surface area contributed by atoms with Crippen molar-refractivity contribution in [3.8, 4) is 0 Å². The second-order valence-electron chi connectivity index (χ2n) is 5.17. The highest BCUT2D eigenvalue weighted by molar-refractivity contribution is 7.80. The van der Waals surface area contributed by atoms with Gasteiger partial charge in [-0.1, -0.05) is 0 Å². The minimum Gasteiger partial charge on any atom is -0.368 e. The molecule has 1 aliphatic rings. The Labute approximate surface area is 134 Å². The molecule has 2 heterocycles. The molecule has 0 bridgehead atoms. The molecular weight excluding hydrogens is 299 g/mol. The van der Waals surface area contributed by atoms with Crippen LogP contribution in [0.3, 0.4) is 0 Å². The molecule has 2 N–H and O–H groups in total. The first kappa shape index (κ1) is 14.7. The summed E-state index contributed by atoms with van der Waals surface area (Å²) in [5.41, 5.74) is 2.03. The van der Waals surface area contributed by atoms with Crippen molar-refractivity contribution in [2.24, 2.45) is 0 Å². The molecule has 1 aromatic carbocycles. The van der Waals surface area contributed by atoms with Gasteiger partial charge in [-0.2, -0.15) is 0 Å². The zero-order chi connectivity index (χ0) is 15.4. The molecule has 1 fully saturated rings. The number of pyridine rings is 1. The van der Waals surface area contributed by atoms with Crippen LogP contribution in [0.4, 0.5) is 15.8 Å².